The number of aryl methyl sites for hydroxylation is 1. The highest BCUT2D eigenvalue weighted by atomic mass is 32.2. The zero-order valence-electron chi connectivity index (χ0n) is 19.7. The van der Waals surface area contributed by atoms with Crippen LogP contribution in [0.2, 0.25) is 0 Å². The number of nitrogens with zero attached hydrogens (tertiary/aromatic N) is 2. The molecular formula is C26H31N3O4S. The van der Waals surface area contributed by atoms with Crippen molar-refractivity contribution in [1.82, 2.24) is 4.31 Å². The molecule has 0 bridgehead atoms. The summed E-state index contributed by atoms with van der Waals surface area (Å²) in [5, 5.41) is 2.93. The summed E-state index contributed by atoms with van der Waals surface area (Å²) in [7, 11) is -3.74. The monoisotopic (exact) mass is 481 g/mol. The molecular weight excluding hydrogens is 450 g/mol. The van der Waals surface area contributed by atoms with Gasteiger partial charge in [0, 0.05) is 36.4 Å². The summed E-state index contributed by atoms with van der Waals surface area (Å²) < 4.78 is 28.4. The maximum absolute atomic E-state index is 13.5. The van der Waals surface area contributed by atoms with Gasteiger partial charge in [-0.2, -0.15) is 4.31 Å². The van der Waals surface area contributed by atoms with Crippen LogP contribution in [0.25, 0.3) is 0 Å². The first-order valence-electron chi connectivity index (χ1n) is 12.1. The molecule has 0 spiro atoms. The summed E-state index contributed by atoms with van der Waals surface area (Å²) in [5.41, 5.74) is 3.50. The third-order valence-corrected chi connectivity index (χ3v) is 8.97. The van der Waals surface area contributed by atoms with Gasteiger partial charge in [-0.05, 0) is 87.4 Å². The second-order valence-electron chi connectivity index (χ2n) is 9.89. The van der Waals surface area contributed by atoms with Crippen LogP contribution < -0.4 is 10.2 Å². The van der Waals surface area contributed by atoms with Gasteiger partial charge >= 0.3 is 0 Å². The van der Waals surface area contributed by atoms with Gasteiger partial charge in [0.25, 0.3) is 0 Å². The Labute approximate surface area is 201 Å². The van der Waals surface area contributed by atoms with Crippen LogP contribution in [0.4, 0.5) is 11.4 Å². The molecule has 2 aromatic rings. The Bertz CT molecular complexity index is 1240. The SMILES string of the molecule is Cc1cccc(NC(=O)[C@H]2CCCN(S(=O)(=O)c3ccc4c(c3)C[C@@H](C)N4C(=O)C3CC3)C2)c1. The summed E-state index contributed by atoms with van der Waals surface area (Å²) in [6.45, 7) is 4.54. The number of hydrogen-bond acceptors (Lipinski definition) is 4. The maximum atomic E-state index is 13.5. The van der Waals surface area contributed by atoms with E-state index in [1.54, 1.807) is 18.2 Å². The van der Waals surface area contributed by atoms with E-state index in [1.165, 1.54) is 4.31 Å². The summed E-state index contributed by atoms with van der Waals surface area (Å²) >= 11 is 0. The fourth-order valence-corrected chi connectivity index (χ4v) is 6.70. The van der Waals surface area contributed by atoms with Crippen molar-refractivity contribution < 1.29 is 18.0 Å². The van der Waals surface area contributed by atoms with Crippen molar-refractivity contribution in [3.05, 3.63) is 53.6 Å². The molecule has 2 aliphatic heterocycles. The molecule has 2 amide bonds. The van der Waals surface area contributed by atoms with Crippen molar-refractivity contribution in [2.24, 2.45) is 11.8 Å². The van der Waals surface area contributed by atoms with Gasteiger partial charge in [-0.25, -0.2) is 8.42 Å². The van der Waals surface area contributed by atoms with Crippen molar-refractivity contribution in [3.63, 3.8) is 0 Å². The standard InChI is InChI=1S/C26H31N3O4S/c1-17-5-3-7-22(13-17)27-25(30)20-6-4-12-28(16-20)34(32,33)23-10-11-24-21(15-23)14-18(2)29(24)26(31)19-8-9-19/h3,5,7,10-11,13,15,18-20H,4,6,8-9,12,14,16H2,1-2H3,(H,27,30)/t18-,20+/m1/s1. The van der Waals surface area contributed by atoms with E-state index < -0.39 is 15.9 Å². The average Bonchev–Trinajstić information content (AvgIpc) is 3.60. The van der Waals surface area contributed by atoms with Crippen LogP contribution in [0.15, 0.2) is 47.4 Å². The first-order chi connectivity index (χ1) is 16.2. The number of carbonyl (C=O) groups is 2. The third kappa shape index (κ3) is 4.36. The van der Waals surface area contributed by atoms with Gasteiger partial charge in [0.2, 0.25) is 21.8 Å². The van der Waals surface area contributed by atoms with Gasteiger partial charge in [-0.1, -0.05) is 12.1 Å². The smallest absolute Gasteiger partial charge is 0.243 e. The number of carbonyl (C=O) groups excluding carboxylic acids is 2. The maximum Gasteiger partial charge on any atom is 0.243 e. The number of piperidine rings is 1. The van der Waals surface area contributed by atoms with Crippen LogP contribution in [0.3, 0.4) is 0 Å². The molecule has 180 valence electrons. The fraction of sp³-hybridized carbons (Fsp3) is 0.462. The van der Waals surface area contributed by atoms with Crippen molar-refractivity contribution in [2.45, 2.75) is 56.9 Å². The van der Waals surface area contributed by atoms with Crippen LogP contribution in [0, 0.1) is 18.8 Å². The zero-order chi connectivity index (χ0) is 24.0. The van der Waals surface area contributed by atoms with E-state index in [-0.39, 0.29) is 35.2 Å². The molecule has 1 aliphatic carbocycles. The normalized spacial score (nSPS) is 22.9. The van der Waals surface area contributed by atoms with Crippen LogP contribution >= 0.6 is 0 Å². The van der Waals surface area contributed by atoms with Gasteiger partial charge < -0.3 is 10.2 Å². The molecule has 2 fully saturated rings. The molecule has 34 heavy (non-hydrogen) atoms. The van der Waals surface area contributed by atoms with Crippen molar-refractivity contribution in [3.8, 4) is 0 Å². The van der Waals surface area contributed by atoms with Gasteiger partial charge in [0.05, 0.1) is 10.8 Å². The minimum absolute atomic E-state index is 0.0331. The third-order valence-electron chi connectivity index (χ3n) is 7.11. The molecule has 3 aliphatic rings. The molecule has 0 unspecified atom stereocenters. The summed E-state index contributed by atoms with van der Waals surface area (Å²) in [6.07, 6.45) is 3.83. The molecule has 8 heteroatoms. The van der Waals surface area contributed by atoms with E-state index in [0.29, 0.717) is 25.8 Å². The molecule has 0 aromatic heterocycles. The van der Waals surface area contributed by atoms with E-state index in [0.717, 1.165) is 35.3 Å². The van der Waals surface area contributed by atoms with Crippen LogP contribution in [0.1, 0.15) is 43.7 Å². The van der Waals surface area contributed by atoms with Crippen LogP contribution in [-0.4, -0.2) is 43.7 Å². The number of amides is 2. The number of fused-ring (bicyclic) bond motifs is 1. The number of rotatable bonds is 5. The molecule has 2 atom stereocenters. The number of sulfonamides is 1. The van der Waals surface area contributed by atoms with E-state index in [1.807, 2.05) is 43.0 Å². The molecule has 1 saturated carbocycles. The predicted octanol–water partition coefficient (Wildman–Crippen LogP) is 3.72. The Kier molecular flexibility index (Phi) is 5.98. The molecule has 1 saturated heterocycles. The molecule has 0 radical (unpaired) electrons. The lowest BCUT2D eigenvalue weighted by Gasteiger charge is -2.31. The lowest BCUT2D eigenvalue weighted by atomic mass is 9.98. The number of nitrogens with one attached hydrogen (secondary N) is 1. The Morgan fingerprint density at radius 3 is 2.56 bits per heavy atom. The second-order valence-corrected chi connectivity index (χ2v) is 11.8. The van der Waals surface area contributed by atoms with Crippen molar-refractivity contribution in [2.75, 3.05) is 23.3 Å². The van der Waals surface area contributed by atoms with Gasteiger partial charge in [-0.15, -0.1) is 0 Å². The zero-order valence-corrected chi connectivity index (χ0v) is 20.5. The number of benzene rings is 2. The number of hydrogen-bond donors (Lipinski definition) is 1. The fourth-order valence-electron chi connectivity index (χ4n) is 5.12. The molecule has 7 nitrogen and oxygen atoms in total. The Balaban J connectivity index is 1.32. The highest BCUT2D eigenvalue weighted by Crippen LogP contribution is 2.40. The Morgan fingerprint density at radius 1 is 1.03 bits per heavy atom. The topological polar surface area (TPSA) is 86.8 Å². The van der Waals surface area contributed by atoms with Gasteiger partial charge in [0.15, 0.2) is 0 Å². The molecule has 5 rings (SSSR count). The highest BCUT2D eigenvalue weighted by Gasteiger charge is 2.40. The van der Waals surface area contributed by atoms with Crippen molar-refractivity contribution >= 4 is 33.2 Å². The predicted molar refractivity (Wildman–Crippen MR) is 131 cm³/mol. The Hall–Kier alpha value is -2.71. The van der Waals surface area contributed by atoms with E-state index in [4.69, 9.17) is 0 Å². The first kappa shape index (κ1) is 23.1. The van der Waals surface area contributed by atoms with E-state index in [9.17, 15) is 18.0 Å². The van der Waals surface area contributed by atoms with Crippen LogP contribution in [-0.2, 0) is 26.0 Å². The largest absolute Gasteiger partial charge is 0.326 e. The quantitative estimate of drug-likeness (QED) is 0.705. The summed E-state index contributed by atoms with van der Waals surface area (Å²) in [5.74, 6) is -0.277. The van der Waals surface area contributed by atoms with E-state index in [2.05, 4.69) is 5.32 Å². The van der Waals surface area contributed by atoms with Gasteiger partial charge in [0.1, 0.15) is 0 Å². The lowest BCUT2D eigenvalue weighted by Crippen LogP contribution is -2.43. The summed E-state index contributed by atoms with van der Waals surface area (Å²) in [6, 6.07) is 12.7. The number of anilines is 2. The van der Waals surface area contributed by atoms with E-state index >= 15 is 0 Å². The minimum atomic E-state index is -3.74. The lowest BCUT2D eigenvalue weighted by molar-refractivity contribution is -0.121. The van der Waals surface area contributed by atoms with Crippen LogP contribution in [0.5, 0.6) is 0 Å². The first-order valence-corrected chi connectivity index (χ1v) is 13.5. The highest BCUT2D eigenvalue weighted by molar-refractivity contribution is 7.89. The van der Waals surface area contributed by atoms with Gasteiger partial charge in [-0.3, -0.25) is 9.59 Å². The molecule has 2 heterocycles. The minimum Gasteiger partial charge on any atom is -0.326 e. The molecule has 1 N–H and O–H groups in total. The van der Waals surface area contributed by atoms with Crippen molar-refractivity contribution in [1.29, 1.82) is 0 Å². The average molecular weight is 482 g/mol. The summed E-state index contributed by atoms with van der Waals surface area (Å²) in [4.78, 5) is 27.7. The molecule has 2 aromatic carbocycles. The second kappa shape index (κ2) is 8.82. The Morgan fingerprint density at radius 2 is 1.82 bits per heavy atom.